The SMILES string of the molecule is C#CCN(CC#C)C(=O)C(=C)C. The van der Waals surface area contributed by atoms with Crippen molar-refractivity contribution in [3.8, 4) is 24.7 Å². The maximum absolute atomic E-state index is 11.3. The highest BCUT2D eigenvalue weighted by molar-refractivity contribution is 5.92. The van der Waals surface area contributed by atoms with Crippen molar-refractivity contribution in [3.05, 3.63) is 12.2 Å². The molecule has 0 bridgehead atoms. The van der Waals surface area contributed by atoms with E-state index in [9.17, 15) is 4.79 Å². The highest BCUT2D eigenvalue weighted by atomic mass is 16.2. The molecule has 0 aromatic heterocycles. The standard InChI is InChI=1S/C10H11NO/c1-5-7-11(8-6-2)10(12)9(3)4/h1-2H,3,7-8H2,4H3. The summed E-state index contributed by atoms with van der Waals surface area (Å²) < 4.78 is 0. The summed E-state index contributed by atoms with van der Waals surface area (Å²) in [6.07, 6.45) is 10.1. The van der Waals surface area contributed by atoms with Gasteiger partial charge in [0.15, 0.2) is 0 Å². The molecule has 0 rings (SSSR count). The molecule has 0 saturated carbocycles. The van der Waals surface area contributed by atoms with Gasteiger partial charge in [-0.1, -0.05) is 18.4 Å². The number of carbonyl (C=O) groups excluding carboxylic acids is 1. The number of hydrogen-bond donors (Lipinski definition) is 0. The molecule has 0 aromatic carbocycles. The van der Waals surface area contributed by atoms with Crippen LogP contribution in [0.3, 0.4) is 0 Å². The van der Waals surface area contributed by atoms with Crippen molar-refractivity contribution in [2.75, 3.05) is 13.1 Å². The zero-order chi connectivity index (χ0) is 9.56. The smallest absolute Gasteiger partial charge is 0.250 e. The average molecular weight is 161 g/mol. The molecule has 0 aliphatic carbocycles. The Kier molecular flexibility index (Phi) is 4.34. The fraction of sp³-hybridized carbons (Fsp3) is 0.300. The van der Waals surface area contributed by atoms with Crippen molar-refractivity contribution in [1.29, 1.82) is 0 Å². The first-order valence-corrected chi connectivity index (χ1v) is 3.45. The molecule has 0 heterocycles. The lowest BCUT2D eigenvalue weighted by Crippen LogP contribution is -2.32. The summed E-state index contributed by atoms with van der Waals surface area (Å²) in [5.41, 5.74) is 0.445. The van der Waals surface area contributed by atoms with Gasteiger partial charge in [-0.3, -0.25) is 4.79 Å². The maximum Gasteiger partial charge on any atom is 0.250 e. The Hall–Kier alpha value is -1.67. The van der Waals surface area contributed by atoms with Crippen LogP contribution >= 0.6 is 0 Å². The minimum atomic E-state index is -0.189. The van der Waals surface area contributed by atoms with Gasteiger partial charge in [0.25, 0.3) is 0 Å². The molecule has 0 spiro atoms. The summed E-state index contributed by atoms with van der Waals surface area (Å²) in [5, 5.41) is 0. The van der Waals surface area contributed by atoms with Gasteiger partial charge in [0.2, 0.25) is 5.91 Å². The van der Waals surface area contributed by atoms with Crippen LogP contribution in [0.1, 0.15) is 6.92 Å². The molecule has 62 valence electrons. The second-order valence-corrected chi connectivity index (χ2v) is 2.35. The van der Waals surface area contributed by atoms with Gasteiger partial charge in [0.05, 0.1) is 13.1 Å². The molecule has 2 nitrogen and oxygen atoms in total. The van der Waals surface area contributed by atoms with Crippen molar-refractivity contribution in [3.63, 3.8) is 0 Å². The topological polar surface area (TPSA) is 20.3 Å². The molecule has 0 radical (unpaired) electrons. The molecule has 0 aliphatic rings. The Bertz CT molecular complexity index is 249. The van der Waals surface area contributed by atoms with E-state index < -0.39 is 0 Å². The van der Waals surface area contributed by atoms with Crippen LogP contribution in [0.4, 0.5) is 0 Å². The first-order chi connectivity index (χ1) is 5.63. The van der Waals surface area contributed by atoms with Crippen LogP contribution in [0, 0.1) is 24.7 Å². The number of amides is 1. The van der Waals surface area contributed by atoms with Gasteiger partial charge in [-0.2, -0.15) is 0 Å². The molecule has 0 atom stereocenters. The van der Waals surface area contributed by atoms with Gasteiger partial charge < -0.3 is 4.90 Å². The molecule has 0 N–H and O–H groups in total. The Morgan fingerprint density at radius 1 is 1.42 bits per heavy atom. The Balaban J connectivity index is 4.33. The van der Waals surface area contributed by atoms with E-state index in [-0.39, 0.29) is 19.0 Å². The van der Waals surface area contributed by atoms with E-state index >= 15 is 0 Å². The zero-order valence-corrected chi connectivity index (χ0v) is 7.13. The van der Waals surface area contributed by atoms with Crippen molar-refractivity contribution in [2.45, 2.75) is 6.92 Å². The molecule has 0 unspecified atom stereocenters. The Morgan fingerprint density at radius 3 is 2.08 bits per heavy atom. The van der Waals surface area contributed by atoms with Gasteiger partial charge in [0.1, 0.15) is 0 Å². The van der Waals surface area contributed by atoms with Crippen molar-refractivity contribution in [2.24, 2.45) is 0 Å². The number of terminal acetylenes is 2. The lowest BCUT2D eigenvalue weighted by atomic mass is 10.3. The molecule has 0 fully saturated rings. The summed E-state index contributed by atoms with van der Waals surface area (Å²) in [6.45, 7) is 5.60. The summed E-state index contributed by atoms with van der Waals surface area (Å²) in [5.74, 6) is 4.52. The van der Waals surface area contributed by atoms with Crippen LogP contribution in [-0.2, 0) is 4.79 Å². The molecule has 0 aromatic rings. The van der Waals surface area contributed by atoms with Crippen LogP contribution in [0.15, 0.2) is 12.2 Å². The third kappa shape index (κ3) is 2.94. The predicted molar refractivity (Wildman–Crippen MR) is 49.1 cm³/mol. The van der Waals surface area contributed by atoms with Gasteiger partial charge in [0, 0.05) is 5.57 Å². The zero-order valence-electron chi connectivity index (χ0n) is 7.13. The average Bonchev–Trinajstić information content (AvgIpc) is 2.03. The molecule has 2 heteroatoms. The van der Waals surface area contributed by atoms with Crippen LogP contribution in [0.5, 0.6) is 0 Å². The molecular weight excluding hydrogens is 150 g/mol. The summed E-state index contributed by atoms with van der Waals surface area (Å²) in [7, 11) is 0. The van der Waals surface area contributed by atoms with Crippen molar-refractivity contribution in [1.82, 2.24) is 4.90 Å². The lowest BCUT2D eigenvalue weighted by molar-refractivity contribution is -0.125. The monoisotopic (exact) mass is 161 g/mol. The van der Waals surface area contributed by atoms with E-state index in [1.54, 1.807) is 6.92 Å². The third-order valence-electron chi connectivity index (χ3n) is 1.22. The largest absolute Gasteiger partial charge is 0.317 e. The summed E-state index contributed by atoms with van der Waals surface area (Å²) >= 11 is 0. The molecule has 12 heavy (non-hydrogen) atoms. The third-order valence-corrected chi connectivity index (χ3v) is 1.22. The second-order valence-electron chi connectivity index (χ2n) is 2.35. The fourth-order valence-electron chi connectivity index (χ4n) is 0.690. The van der Waals surface area contributed by atoms with Crippen LogP contribution in [0.2, 0.25) is 0 Å². The van der Waals surface area contributed by atoms with E-state index in [2.05, 4.69) is 18.4 Å². The van der Waals surface area contributed by atoms with Gasteiger partial charge in [-0.05, 0) is 6.92 Å². The quantitative estimate of drug-likeness (QED) is 0.440. The number of rotatable bonds is 3. The minimum absolute atomic E-state index is 0.189. The normalized spacial score (nSPS) is 7.92. The predicted octanol–water partition coefficient (Wildman–Crippen LogP) is 0.658. The van der Waals surface area contributed by atoms with E-state index in [1.165, 1.54) is 4.90 Å². The molecule has 0 saturated heterocycles. The maximum atomic E-state index is 11.3. The lowest BCUT2D eigenvalue weighted by Gasteiger charge is -2.16. The van der Waals surface area contributed by atoms with Gasteiger partial charge in [-0.15, -0.1) is 12.8 Å². The molecular formula is C10H11NO. The number of hydrogen-bond acceptors (Lipinski definition) is 1. The summed E-state index contributed by atoms with van der Waals surface area (Å²) in [6, 6.07) is 0. The highest BCUT2D eigenvalue weighted by Gasteiger charge is 2.10. The fourth-order valence-corrected chi connectivity index (χ4v) is 0.690. The van der Waals surface area contributed by atoms with E-state index in [1.807, 2.05) is 0 Å². The van der Waals surface area contributed by atoms with Crippen LogP contribution in [-0.4, -0.2) is 23.9 Å². The first-order valence-electron chi connectivity index (χ1n) is 3.45. The Labute approximate surface area is 73.3 Å². The molecule has 1 amide bonds. The summed E-state index contributed by atoms with van der Waals surface area (Å²) in [4.78, 5) is 12.6. The first kappa shape index (κ1) is 10.3. The van der Waals surface area contributed by atoms with Gasteiger partial charge >= 0.3 is 0 Å². The Morgan fingerprint density at radius 2 is 1.83 bits per heavy atom. The van der Waals surface area contributed by atoms with Crippen molar-refractivity contribution < 1.29 is 4.79 Å². The van der Waals surface area contributed by atoms with Crippen molar-refractivity contribution >= 4 is 5.91 Å². The second kappa shape index (κ2) is 5.04. The number of carbonyl (C=O) groups is 1. The van der Waals surface area contributed by atoms with Crippen LogP contribution < -0.4 is 0 Å². The minimum Gasteiger partial charge on any atom is -0.317 e. The van der Waals surface area contributed by atoms with Gasteiger partial charge in [-0.25, -0.2) is 0 Å². The van der Waals surface area contributed by atoms with E-state index in [4.69, 9.17) is 12.8 Å². The highest BCUT2D eigenvalue weighted by Crippen LogP contribution is 1.96. The number of nitrogens with zero attached hydrogens (tertiary/aromatic N) is 1. The molecule has 0 aliphatic heterocycles. The van der Waals surface area contributed by atoms with E-state index in [0.717, 1.165) is 0 Å². The van der Waals surface area contributed by atoms with E-state index in [0.29, 0.717) is 5.57 Å². The van der Waals surface area contributed by atoms with Crippen LogP contribution in [0.25, 0.3) is 0 Å².